The Labute approximate surface area is 117 Å². The summed E-state index contributed by atoms with van der Waals surface area (Å²) in [5.74, 6) is 1.21. The van der Waals surface area contributed by atoms with Gasteiger partial charge in [-0.3, -0.25) is 0 Å². The number of benzene rings is 1. The second kappa shape index (κ2) is 6.80. The zero-order valence-electron chi connectivity index (χ0n) is 11.2. The van der Waals surface area contributed by atoms with Crippen LogP contribution in [0.1, 0.15) is 28.9 Å². The number of rotatable bonds is 6. The fourth-order valence-electron chi connectivity index (χ4n) is 1.77. The van der Waals surface area contributed by atoms with Gasteiger partial charge in [-0.15, -0.1) is 0 Å². The van der Waals surface area contributed by atoms with E-state index in [9.17, 15) is 5.11 Å². The number of aromatic nitrogens is 2. The molecule has 2 aromatic rings. The topological polar surface area (TPSA) is 95.0 Å². The number of nitriles is 1. The highest BCUT2D eigenvalue weighted by Gasteiger charge is 2.07. The first kappa shape index (κ1) is 14.2. The van der Waals surface area contributed by atoms with E-state index >= 15 is 0 Å². The summed E-state index contributed by atoms with van der Waals surface area (Å²) in [4.78, 5) is 4.09. The highest BCUT2D eigenvalue weighted by molar-refractivity contribution is 5.32. The summed E-state index contributed by atoms with van der Waals surface area (Å²) in [6.07, 6.45) is 0.0214. The summed E-state index contributed by atoms with van der Waals surface area (Å²) in [5.41, 5.74) is 1.37. The van der Waals surface area contributed by atoms with Gasteiger partial charge in [0.1, 0.15) is 0 Å². The first-order valence-corrected chi connectivity index (χ1v) is 6.37. The number of aryl methyl sites for hydroxylation is 1. The van der Waals surface area contributed by atoms with E-state index in [1.54, 1.807) is 31.2 Å². The van der Waals surface area contributed by atoms with Crippen LogP contribution in [0.2, 0.25) is 0 Å². The van der Waals surface area contributed by atoms with Crippen LogP contribution in [0.3, 0.4) is 0 Å². The van der Waals surface area contributed by atoms with Gasteiger partial charge in [0.2, 0.25) is 5.89 Å². The molecule has 0 bridgehead atoms. The normalized spacial score (nSPS) is 12.1. The lowest BCUT2D eigenvalue weighted by atomic mass is 10.1. The molecule has 6 nitrogen and oxygen atoms in total. The molecular weight excluding hydrogens is 256 g/mol. The van der Waals surface area contributed by atoms with Gasteiger partial charge in [-0.25, -0.2) is 0 Å². The Morgan fingerprint density at radius 1 is 1.40 bits per heavy atom. The van der Waals surface area contributed by atoms with Crippen molar-refractivity contribution in [2.45, 2.75) is 19.4 Å². The molecule has 0 aliphatic rings. The Kier molecular flexibility index (Phi) is 4.82. The van der Waals surface area contributed by atoms with Crippen molar-refractivity contribution in [1.29, 1.82) is 5.26 Å². The van der Waals surface area contributed by atoms with Crippen LogP contribution in [0.5, 0.6) is 0 Å². The summed E-state index contributed by atoms with van der Waals surface area (Å²) in [6.45, 7) is 2.85. The predicted octanol–water partition coefficient (Wildman–Crippen LogP) is 1.12. The average molecular weight is 272 g/mol. The van der Waals surface area contributed by atoms with Gasteiger partial charge in [-0.1, -0.05) is 17.3 Å². The van der Waals surface area contributed by atoms with Gasteiger partial charge in [0.05, 0.1) is 17.7 Å². The second-order valence-electron chi connectivity index (χ2n) is 4.44. The Bertz CT molecular complexity index is 586. The van der Waals surface area contributed by atoms with Crippen molar-refractivity contribution in [3.05, 3.63) is 47.1 Å². The summed E-state index contributed by atoms with van der Waals surface area (Å²) in [6, 6.07) is 8.95. The molecule has 0 spiro atoms. The third kappa shape index (κ3) is 3.88. The van der Waals surface area contributed by atoms with Gasteiger partial charge in [-0.2, -0.15) is 10.2 Å². The zero-order valence-corrected chi connectivity index (χ0v) is 11.2. The first-order chi connectivity index (χ1) is 9.69. The van der Waals surface area contributed by atoms with Crippen LogP contribution in [-0.2, 0) is 6.42 Å². The molecule has 0 fully saturated rings. The molecule has 1 aromatic heterocycles. The van der Waals surface area contributed by atoms with E-state index in [-0.39, 0.29) is 0 Å². The molecule has 0 radical (unpaired) electrons. The zero-order chi connectivity index (χ0) is 14.4. The van der Waals surface area contributed by atoms with Crippen LogP contribution in [0.15, 0.2) is 28.8 Å². The maximum Gasteiger partial charge on any atom is 0.227 e. The van der Waals surface area contributed by atoms with Gasteiger partial charge >= 0.3 is 0 Å². The summed E-state index contributed by atoms with van der Waals surface area (Å²) >= 11 is 0. The molecular formula is C14H16N4O2. The lowest BCUT2D eigenvalue weighted by molar-refractivity contribution is 0.174. The van der Waals surface area contributed by atoms with Gasteiger partial charge in [-0.05, 0) is 24.6 Å². The van der Waals surface area contributed by atoms with E-state index in [2.05, 4.69) is 15.5 Å². The highest BCUT2D eigenvalue weighted by atomic mass is 16.5. The van der Waals surface area contributed by atoms with E-state index < -0.39 is 6.10 Å². The smallest absolute Gasteiger partial charge is 0.227 e. The quantitative estimate of drug-likeness (QED) is 0.765. The fourth-order valence-corrected chi connectivity index (χ4v) is 1.77. The summed E-state index contributed by atoms with van der Waals surface area (Å²) < 4.78 is 4.99. The van der Waals surface area contributed by atoms with Crippen molar-refractivity contribution in [2.75, 3.05) is 13.1 Å². The van der Waals surface area contributed by atoms with Gasteiger partial charge < -0.3 is 14.9 Å². The second-order valence-corrected chi connectivity index (χ2v) is 4.44. The molecule has 0 aliphatic carbocycles. The molecule has 0 saturated heterocycles. The average Bonchev–Trinajstić information content (AvgIpc) is 2.89. The van der Waals surface area contributed by atoms with Crippen LogP contribution in [0.25, 0.3) is 0 Å². The summed E-state index contributed by atoms with van der Waals surface area (Å²) in [5, 5.41) is 25.5. The molecule has 0 saturated carbocycles. The fraction of sp³-hybridized carbons (Fsp3) is 0.357. The standard InChI is InChI=1S/C14H16N4O2/c1-10-17-14(20-18-10)6-7-16-9-13(19)12-4-2-11(8-15)3-5-12/h2-5,13,16,19H,6-7,9H2,1H3. The molecule has 1 unspecified atom stereocenters. The highest BCUT2D eigenvalue weighted by Crippen LogP contribution is 2.12. The number of hydrogen-bond donors (Lipinski definition) is 2. The first-order valence-electron chi connectivity index (χ1n) is 6.37. The number of nitrogens with one attached hydrogen (secondary N) is 1. The molecule has 1 heterocycles. The molecule has 2 rings (SSSR count). The van der Waals surface area contributed by atoms with Crippen molar-refractivity contribution in [3.63, 3.8) is 0 Å². The van der Waals surface area contributed by atoms with Gasteiger partial charge in [0.25, 0.3) is 0 Å². The van der Waals surface area contributed by atoms with Crippen molar-refractivity contribution in [3.8, 4) is 6.07 Å². The predicted molar refractivity (Wildman–Crippen MR) is 71.7 cm³/mol. The number of aliphatic hydroxyl groups is 1. The number of nitrogens with zero attached hydrogens (tertiary/aromatic N) is 3. The number of aliphatic hydroxyl groups excluding tert-OH is 1. The van der Waals surface area contributed by atoms with Crippen LogP contribution in [-0.4, -0.2) is 28.3 Å². The van der Waals surface area contributed by atoms with E-state index in [1.807, 2.05) is 6.07 Å². The SMILES string of the molecule is Cc1noc(CCNCC(O)c2ccc(C#N)cc2)n1. The molecule has 2 N–H and O–H groups in total. The molecule has 0 amide bonds. The van der Waals surface area contributed by atoms with Crippen molar-refractivity contribution in [2.24, 2.45) is 0 Å². The molecule has 104 valence electrons. The van der Waals surface area contributed by atoms with Crippen LogP contribution >= 0.6 is 0 Å². The monoisotopic (exact) mass is 272 g/mol. The molecule has 1 aromatic carbocycles. The Balaban J connectivity index is 1.74. The Morgan fingerprint density at radius 3 is 2.75 bits per heavy atom. The van der Waals surface area contributed by atoms with Gasteiger partial charge in [0, 0.05) is 19.5 Å². The van der Waals surface area contributed by atoms with Crippen molar-refractivity contribution in [1.82, 2.24) is 15.5 Å². The third-order valence-electron chi connectivity index (χ3n) is 2.85. The molecule has 1 atom stereocenters. The molecule has 6 heteroatoms. The number of hydrogen-bond acceptors (Lipinski definition) is 6. The third-order valence-corrected chi connectivity index (χ3v) is 2.85. The summed E-state index contributed by atoms with van der Waals surface area (Å²) in [7, 11) is 0. The minimum atomic E-state index is -0.604. The maximum atomic E-state index is 9.99. The van der Waals surface area contributed by atoms with E-state index in [1.165, 1.54) is 0 Å². The minimum Gasteiger partial charge on any atom is -0.387 e. The maximum absolute atomic E-state index is 9.99. The lowest BCUT2D eigenvalue weighted by Gasteiger charge is -2.11. The van der Waals surface area contributed by atoms with Crippen molar-refractivity contribution < 1.29 is 9.63 Å². The van der Waals surface area contributed by atoms with E-state index in [4.69, 9.17) is 9.78 Å². The van der Waals surface area contributed by atoms with E-state index in [0.29, 0.717) is 36.8 Å². The van der Waals surface area contributed by atoms with Crippen LogP contribution in [0, 0.1) is 18.3 Å². The molecule has 0 aliphatic heterocycles. The van der Waals surface area contributed by atoms with Gasteiger partial charge in [0.15, 0.2) is 5.82 Å². The Hall–Kier alpha value is -2.23. The van der Waals surface area contributed by atoms with Crippen molar-refractivity contribution >= 4 is 0 Å². The molecule has 20 heavy (non-hydrogen) atoms. The Morgan fingerprint density at radius 2 is 2.15 bits per heavy atom. The van der Waals surface area contributed by atoms with Crippen LogP contribution < -0.4 is 5.32 Å². The largest absolute Gasteiger partial charge is 0.387 e. The minimum absolute atomic E-state index is 0.430. The lowest BCUT2D eigenvalue weighted by Crippen LogP contribution is -2.23. The van der Waals surface area contributed by atoms with Crippen LogP contribution in [0.4, 0.5) is 0 Å². The van der Waals surface area contributed by atoms with E-state index in [0.717, 1.165) is 5.56 Å².